The van der Waals surface area contributed by atoms with E-state index in [1.807, 2.05) is 18.2 Å². The Morgan fingerprint density at radius 2 is 2.10 bits per heavy atom. The van der Waals surface area contributed by atoms with E-state index >= 15 is 0 Å². The van der Waals surface area contributed by atoms with Crippen molar-refractivity contribution >= 4 is 5.97 Å². The summed E-state index contributed by atoms with van der Waals surface area (Å²) in [5, 5.41) is 0. The zero-order chi connectivity index (χ0) is 14.4. The lowest BCUT2D eigenvalue weighted by atomic mass is 10.1. The SMILES string of the molecule is CCCc1nc(-c2cccnc2)ccc1C(=O)OCC. The van der Waals surface area contributed by atoms with E-state index in [4.69, 9.17) is 4.74 Å². The molecule has 0 atom stereocenters. The minimum absolute atomic E-state index is 0.304. The summed E-state index contributed by atoms with van der Waals surface area (Å²) in [7, 11) is 0. The van der Waals surface area contributed by atoms with Crippen LogP contribution in [0.15, 0.2) is 36.7 Å². The van der Waals surface area contributed by atoms with E-state index in [0.717, 1.165) is 29.8 Å². The molecule has 0 spiro atoms. The minimum atomic E-state index is -0.304. The molecule has 0 bridgehead atoms. The lowest BCUT2D eigenvalue weighted by Crippen LogP contribution is -2.10. The van der Waals surface area contributed by atoms with Gasteiger partial charge in [-0.25, -0.2) is 4.79 Å². The van der Waals surface area contributed by atoms with E-state index in [9.17, 15) is 4.79 Å². The molecule has 2 heterocycles. The number of ether oxygens (including phenoxy) is 1. The lowest BCUT2D eigenvalue weighted by molar-refractivity contribution is 0.0524. The Hall–Kier alpha value is -2.23. The highest BCUT2D eigenvalue weighted by atomic mass is 16.5. The fourth-order valence-corrected chi connectivity index (χ4v) is 2.00. The third-order valence-corrected chi connectivity index (χ3v) is 2.91. The quantitative estimate of drug-likeness (QED) is 0.782. The maximum absolute atomic E-state index is 11.9. The van der Waals surface area contributed by atoms with Gasteiger partial charge in [-0.15, -0.1) is 0 Å². The molecular formula is C16H18N2O2. The zero-order valence-corrected chi connectivity index (χ0v) is 11.8. The maximum atomic E-state index is 11.9. The van der Waals surface area contributed by atoms with Gasteiger partial charge in [-0.1, -0.05) is 13.3 Å². The molecule has 2 aromatic heterocycles. The molecule has 0 aliphatic heterocycles. The summed E-state index contributed by atoms with van der Waals surface area (Å²) in [4.78, 5) is 20.6. The van der Waals surface area contributed by atoms with Crippen molar-refractivity contribution in [1.82, 2.24) is 9.97 Å². The number of hydrogen-bond acceptors (Lipinski definition) is 4. The molecule has 2 rings (SSSR count). The normalized spacial score (nSPS) is 10.3. The molecule has 0 amide bonds. The van der Waals surface area contributed by atoms with Crippen molar-refractivity contribution in [2.75, 3.05) is 6.61 Å². The summed E-state index contributed by atoms with van der Waals surface area (Å²) < 4.78 is 5.07. The summed E-state index contributed by atoms with van der Waals surface area (Å²) in [5.74, 6) is -0.304. The molecule has 0 saturated carbocycles. The first-order valence-electron chi connectivity index (χ1n) is 6.83. The maximum Gasteiger partial charge on any atom is 0.339 e. The van der Waals surface area contributed by atoms with E-state index < -0.39 is 0 Å². The average molecular weight is 270 g/mol. The Labute approximate surface area is 118 Å². The number of carbonyl (C=O) groups excluding carboxylic acids is 1. The van der Waals surface area contributed by atoms with Crippen LogP contribution in [0.2, 0.25) is 0 Å². The van der Waals surface area contributed by atoms with Crippen LogP contribution in [0.4, 0.5) is 0 Å². The number of aryl methyl sites for hydroxylation is 1. The first-order chi connectivity index (χ1) is 9.76. The Morgan fingerprint density at radius 3 is 2.75 bits per heavy atom. The number of nitrogens with zero attached hydrogens (tertiary/aromatic N) is 2. The standard InChI is InChI=1S/C16H18N2O2/c1-3-6-15-13(16(19)20-4-2)8-9-14(18-15)12-7-5-10-17-11-12/h5,7-11H,3-4,6H2,1-2H3. The van der Waals surface area contributed by atoms with Gasteiger partial charge in [0.15, 0.2) is 0 Å². The van der Waals surface area contributed by atoms with Crippen LogP contribution in [-0.4, -0.2) is 22.5 Å². The Kier molecular flexibility index (Phi) is 4.82. The second-order valence-corrected chi connectivity index (χ2v) is 4.40. The summed E-state index contributed by atoms with van der Waals surface area (Å²) >= 11 is 0. The van der Waals surface area contributed by atoms with Crippen molar-refractivity contribution in [3.8, 4) is 11.3 Å². The van der Waals surface area contributed by atoms with Crippen molar-refractivity contribution in [1.29, 1.82) is 0 Å². The first kappa shape index (κ1) is 14.2. The van der Waals surface area contributed by atoms with Crippen LogP contribution in [-0.2, 0) is 11.2 Å². The van der Waals surface area contributed by atoms with E-state index in [0.29, 0.717) is 12.2 Å². The Bertz CT molecular complexity index is 582. The van der Waals surface area contributed by atoms with Gasteiger partial charge in [-0.2, -0.15) is 0 Å². The predicted molar refractivity (Wildman–Crippen MR) is 77.4 cm³/mol. The smallest absolute Gasteiger partial charge is 0.339 e. The fraction of sp³-hybridized carbons (Fsp3) is 0.312. The molecule has 20 heavy (non-hydrogen) atoms. The van der Waals surface area contributed by atoms with Crippen molar-refractivity contribution in [3.63, 3.8) is 0 Å². The van der Waals surface area contributed by atoms with E-state index in [-0.39, 0.29) is 5.97 Å². The second kappa shape index (κ2) is 6.80. The summed E-state index contributed by atoms with van der Waals surface area (Å²) in [6, 6.07) is 7.45. The number of pyridine rings is 2. The molecular weight excluding hydrogens is 252 g/mol. The highest BCUT2D eigenvalue weighted by Crippen LogP contribution is 2.19. The van der Waals surface area contributed by atoms with Crippen LogP contribution in [0.1, 0.15) is 36.3 Å². The van der Waals surface area contributed by atoms with Crippen molar-refractivity contribution in [3.05, 3.63) is 47.9 Å². The molecule has 0 aromatic carbocycles. The van der Waals surface area contributed by atoms with Gasteiger partial charge >= 0.3 is 5.97 Å². The molecule has 104 valence electrons. The number of carbonyl (C=O) groups is 1. The Morgan fingerprint density at radius 1 is 1.25 bits per heavy atom. The van der Waals surface area contributed by atoms with Gasteiger partial charge in [0.05, 0.1) is 23.6 Å². The fourth-order valence-electron chi connectivity index (χ4n) is 2.00. The van der Waals surface area contributed by atoms with Gasteiger partial charge in [0.2, 0.25) is 0 Å². The van der Waals surface area contributed by atoms with Crippen molar-refractivity contribution < 1.29 is 9.53 Å². The predicted octanol–water partition coefficient (Wildman–Crippen LogP) is 3.27. The third-order valence-electron chi connectivity index (χ3n) is 2.91. The first-order valence-corrected chi connectivity index (χ1v) is 6.83. The molecule has 2 aromatic rings. The Balaban J connectivity index is 2.39. The van der Waals surface area contributed by atoms with Gasteiger partial charge < -0.3 is 4.74 Å². The second-order valence-electron chi connectivity index (χ2n) is 4.40. The van der Waals surface area contributed by atoms with Crippen LogP contribution in [0.25, 0.3) is 11.3 Å². The van der Waals surface area contributed by atoms with E-state index in [1.54, 1.807) is 25.4 Å². The number of rotatable bonds is 5. The van der Waals surface area contributed by atoms with Crippen molar-refractivity contribution in [2.24, 2.45) is 0 Å². The van der Waals surface area contributed by atoms with Gasteiger partial charge in [0.1, 0.15) is 0 Å². The van der Waals surface area contributed by atoms with Gasteiger partial charge in [0.25, 0.3) is 0 Å². The molecule has 0 fully saturated rings. The minimum Gasteiger partial charge on any atom is -0.462 e. The molecule has 0 aliphatic rings. The molecule has 0 unspecified atom stereocenters. The molecule has 0 radical (unpaired) electrons. The van der Waals surface area contributed by atoms with E-state index in [1.165, 1.54) is 0 Å². The van der Waals surface area contributed by atoms with Crippen LogP contribution < -0.4 is 0 Å². The van der Waals surface area contributed by atoms with E-state index in [2.05, 4.69) is 16.9 Å². The topological polar surface area (TPSA) is 52.1 Å². The van der Waals surface area contributed by atoms with Crippen LogP contribution in [0.3, 0.4) is 0 Å². The third kappa shape index (κ3) is 3.20. The van der Waals surface area contributed by atoms with Gasteiger partial charge in [-0.05, 0) is 37.6 Å². The number of aromatic nitrogens is 2. The number of esters is 1. The lowest BCUT2D eigenvalue weighted by Gasteiger charge is -2.09. The van der Waals surface area contributed by atoms with Gasteiger partial charge in [0, 0.05) is 18.0 Å². The average Bonchev–Trinajstić information content (AvgIpc) is 2.48. The molecule has 0 N–H and O–H groups in total. The van der Waals surface area contributed by atoms with Crippen molar-refractivity contribution in [2.45, 2.75) is 26.7 Å². The highest BCUT2D eigenvalue weighted by molar-refractivity contribution is 5.91. The number of hydrogen-bond donors (Lipinski definition) is 0. The molecule has 0 saturated heterocycles. The molecule has 0 aliphatic carbocycles. The van der Waals surface area contributed by atoms with Crippen LogP contribution >= 0.6 is 0 Å². The largest absolute Gasteiger partial charge is 0.462 e. The zero-order valence-electron chi connectivity index (χ0n) is 11.8. The summed E-state index contributed by atoms with van der Waals surface area (Å²) in [6.07, 6.45) is 5.17. The monoisotopic (exact) mass is 270 g/mol. The molecule has 4 nitrogen and oxygen atoms in total. The van der Waals surface area contributed by atoms with Crippen LogP contribution in [0, 0.1) is 0 Å². The summed E-state index contributed by atoms with van der Waals surface area (Å²) in [5.41, 5.74) is 3.11. The molecule has 4 heteroatoms. The van der Waals surface area contributed by atoms with Gasteiger partial charge in [-0.3, -0.25) is 9.97 Å². The summed E-state index contributed by atoms with van der Waals surface area (Å²) in [6.45, 7) is 4.23. The van der Waals surface area contributed by atoms with Crippen LogP contribution in [0.5, 0.6) is 0 Å². The highest BCUT2D eigenvalue weighted by Gasteiger charge is 2.14.